The maximum Gasteiger partial charge on any atom is 0.224 e. The Labute approximate surface area is 127 Å². The molecule has 3 rings (SSSR count). The molecule has 110 valence electrons. The number of amides is 1. The van der Waals surface area contributed by atoms with Crippen molar-refractivity contribution in [1.29, 1.82) is 0 Å². The molecule has 2 aromatic rings. The van der Waals surface area contributed by atoms with Gasteiger partial charge in [-0.15, -0.1) is 10.2 Å². The quantitative estimate of drug-likeness (QED) is 0.915. The SMILES string of the molecule is O=C(CCNc1nnc(-c2ccccn2)s1)N1CCCC1. The minimum Gasteiger partial charge on any atom is -0.360 e. The van der Waals surface area contributed by atoms with Crippen molar-refractivity contribution in [3.63, 3.8) is 0 Å². The van der Waals surface area contributed by atoms with Gasteiger partial charge in [-0.3, -0.25) is 9.78 Å². The zero-order chi connectivity index (χ0) is 14.5. The first-order valence-corrected chi connectivity index (χ1v) is 7.91. The maximum absolute atomic E-state index is 11.9. The van der Waals surface area contributed by atoms with Gasteiger partial charge in [0, 0.05) is 32.3 Å². The van der Waals surface area contributed by atoms with Gasteiger partial charge in [-0.25, -0.2) is 0 Å². The number of hydrogen-bond acceptors (Lipinski definition) is 6. The number of nitrogens with zero attached hydrogens (tertiary/aromatic N) is 4. The van der Waals surface area contributed by atoms with Crippen LogP contribution >= 0.6 is 11.3 Å². The van der Waals surface area contributed by atoms with Gasteiger partial charge in [-0.1, -0.05) is 17.4 Å². The summed E-state index contributed by atoms with van der Waals surface area (Å²) in [6.07, 6.45) is 4.49. The van der Waals surface area contributed by atoms with E-state index in [2.05, 4.69) is 20.5 Å². The van der Waals surface area contributed by atoms with Crippen LogP contribution in [0.1, 0.15) is 19.3 Å². The molecule has 21 heavy (non-hydrogen) atoms. The summed E-state index contributed by atoms with van der Waals surface area (Å²) < 4.78 is 0. The number of carbonyl (C=O) groups excluding carboxylic acids is 1. The van der Waals surface area contributed by atoms with Crippen molar-refractivity contribution in [2.75, 3.05) is 25.0 Å². The summed E-state index contributed by atoms with van der Waals surface area (Å²) in [5.41, 5.74) is 0.816. The highest BCUT2D eigenvalue weighted by Gasteiger charge is 2.17. The summed E-state index contributed by atoms with van der Waals surface area (Å²) in [6.45, 7) is 2.40. The van der Waals surface area contributed by atoms with Crippen molar-refractivity contribution in [1.82, 2.24) is 20.1 Å². The van der Waals surface area contributed by atoms with Crippen LogP contribution in [0, 0.1) is 0 Å². The molecule has 0 aliphatic carbocycles. The summed E-state index contributed by atoms with van der Waals surface area (Å²) in [5.74, 6) is 0.217. The third-order valence-corrected chi connectivity index (χ3v) is 4.29. The van der Waals surface area contributed by atoms with Crippen LogP contribution < -0.4 is 5.32 Å². The molecule has 3 heterocycles. The molecule has 1 aliphatic rings. The summed E-state index contributed by atoms with van der Waals surface area (Å²) in [4.78, 5) is 18.1. The first-order chi connectivity index (χ1) is 10.3. The Kier molecular flexibility index (Phi) is 4.40. The van der Waals surface area contributed by atoms with Gasteiger partial charge in [0.2, 0.25) is 11.0 Å². The van der Waals surface area contributed by atoms with Gasteiger partial charge in [-0.2, -0.15) is 0 Å². The van der Waals surface area contributed by atoms with Crippen LogP contribution in [0.3, 0.4) is 0 Å². The summed E-state index contributed by atoms with van der Waals surface area (Å²) >= 11 is 1.45. The van der Waals surface area contributed by atoms with Gasteiger partial charge < -0.3 is 10.2 Å². The molecule has 7 heteroatoms. The second kappa shape index (κ2) is 6.62. The van der Waals surface area contributed by atoms with Gasteiger partial charge in [-0.05, 0) is 25.0 Å². The van der Waals surface area contributed by atoms with Crippen molar-refractivity contribution in [3.8, 4) is 10.7 Å². The van der Waals surface area contributed by atoms with Crippen LogP contribution in [0.2, 0.25) is 0 Å². The molecule has 0 atom stereocenters. The third kappa shape index (κ3) is 3.55. The molecule has 6 nitrogen and oxygen atoms in total. The van der Waals surface area contributed by atoms with Crippen LogP contribution in [0.5, 0.6) is 0 Å². The fourth-order valence-corrected chi connectivity index (χ4v) is 3.03. The zero-order valence-electron chi connectivity index (χ0n) is 11.7. The van der Waals surface area contributed by atoms with Crippen LogP contribution in [0.15, 0.2) is 24.4 Å². The lowest BCUT2D eigenvalue weighted by atomic mass is 10.3. The highest BCUT2D eigenvalue weighted by Crippen LogP contribution is 2.24. The largest absolute Gasteiger partial charge is 0.360 e. The smallest absolute Gasteiger partial charge is 0.224 e. The van der Waals surface area contributed by atoms with Crippen molar-refractivity contribution >= 4 is 22.4 Å². The van der Waals surface area contributed by atoms with E-state index in [9.17, 15) is 4.79 Å². The predicted molar refractivity (Wildman–Crippen MR) is 82.1 cm³/mol. The number of likely N-dealkylation sites (tertiary alicyclic amines) is 1. The second-order valence-corrected chi connectivity index (χ2v) is 5.87. The number of rotatable bonds is 5. The number of aromatic nitrogens is 3. The minimum absolute atomic E-state index is 0.217. The van der Waals surface area contributed by atoms with Crippen molar-refractivity contribution in [2.45, 2.75) is 19.3 Å². The number of hydrogen-bond donors (Lipinski definition) is 1. The van der Waals surface area contributed by atoms with Crippen LogP contribution in [-0.4, -0.2) is 45.6 Å². The monoisotopic (exact) mass is 303 g/mol. The third-order valence-electron chi connectivity index (χ3n) is 3.38. The van der Waals surface area contributed by atoms with Crippen LogP contribution in [0.25, 0.3) is 10.7 Å². The molecule has 0 radical (unpaired) electrons. The first-order valence-electron chi connectivity index (χ1n) is 7.09. The van der Waals surface area contributed by atoms with Gasteiger partial charge in [0.25, 0.3) is 0 Å². The molecular weight excluding hydrogens is 286 g/mol. The molecule has 1 aliphatic heterocycles. The lowest BCUT2D eigenvalue weighted by Crippen LogP contribution is -2.29. The van der Waals surface area contributed by atoms with Crippen molar-refractivity contribution < 1.29 is 4.79 Å². The molecule has 0 aromatic carbocycles. The van der Waals surface area contributed by atoms with E-state index in [1.54, 1.807) is 6.20 Å². The van der Waals surface area contributed by atoms with Crippen LogP contribution in [0.4, 0.5) is 5.13 Å². The lowest BCUT2D eigenvalue weighted by molar-refractivity contribution is -0.129. The Morgan fingerprint density at radius 2 is 2.14 bits per heavy atom. The maximum atomic E-state index is 11.9. The Balaban J connectivity index is 1.50. The van der Waals surface area contributed by atoms with E-state index in [0.717, 1.165) is 41.8 Å². The van der Waals surface area contributed by atoms with Gasteiger partial charge in [0.05, 0.1) is 0 Å². The average molecular weight is 303 g/mol. The predicted octanol–water partition coefficient (Wildman–Crippen LogP) is 2.02. The van der Waals surface area contributed by atoms with E-state index in [4.69, 9.17) is 0 Å². The topological polar surface area (TPSA) is 71.0 Å². The molecule has 0 spiro atoms. The van der Waals surface area contributed by atoms with Gasteiger partial charge in [0.1, 0.15) is 5.69 Å². The standard InChI is InChI=1S/C14H17N5OS/c20-12(19-9-3-4-10-19)6-8-16-14-18-17-13(21-14)11-5-1-2-7-15-11/h1-2,5,7H,3-4,6,8-10H2,(H,16,18). The summed E-state index contributed by atoms with van der Waals surface area (Å²) in [5, 5.41) is 12.9. The molecular formula is C14H17N5OS. The molecule has 0 unspecified atom stereocenters. The molecule has 1 amide bonds. The zero-order valence-corrected chi connectivity index (χ0v) is 12.5. The molecule has 1 N–H and O–H groups in total. The number of carbonyl (C=O) groups is 1. The van der Waals surface area contributed by atoms with Gasteiger partial charge >= 0.3 is 0 Å². The fourth-order valence-electron chi connectivity index (χ4n) is 2.29. The second-order valence-electron chi connectivity index (χ2n) is 4.89. The molecule has 1 fully saturated rings. The van der Waals surface area contributed by atoms with E-state index in [-0.39, 0.29) is 5.91 Å². The van der Waals surface area contributed by atoms with Gasteiger partial charge in [0.15, 0.2) is 5.01 Å². The summed E-state index contributed by atoms with van der Waals surface area (Å²) in [6, 6.07) is 5.69. The number of nitrogens with one attached hydrogen (secondary N) is 1. The van der Waals surface area contributed by atoms with Crippen LogP contribution in [-0.2, 0) is 4.79 Å². The molecule has 0 bridgehead atoms. The van der Waals surface area contributed by atoms with Crippen molar-refractivity contribution in [3.05, 3.63) is 24.4 Å². The highest BCUT2D eigenvalue weighted by molar-refractivity contribution is 7.18. The first kappa shape index (κ1) is 13.9. The van der Waals surface area contributed by atoms with E-state index >= 15 is 0 Å². The van der Waals surface area contributed by atoms with E-state index in [0.29, 0.717) is 13.0 Å². The van der Waals surface area contributed by atoms with E-state index in [1.165, 1.54) is 11.3 Å². The Morgan fingerprint density at radius 3 is 2.90 bits per heavy atom. The molecule has 2 aromatic heterocycles. The number of anilines is 1. The van der Waals surface area contributed by atoms with E-state index < -0.39 is 0 Å². The Morgan fingerprint density at radius 1 is 1.29 bits per heavy atom. The lowest BCUT2D eigenvalue weighted by Gasteiger charge is -2.14. The summed E-state index contributed by atoms with van der Waals surface area (Å²) in [7, 11) is 0. The number of pyridine rings is 1. The Hall–Kier alpha value is -2.02. The minimum atomic E-state index is 0.217. The highest BCUT2D eigenvalue weighted by atomic mass is 32.1. The van der Waals surface area contributed by atoms with Crippen molar-refractivity contribution in [2.24, 2.45) is 0 Å². The normalized spacial score (nSPS) is 14.4. The average Bonchev–Trinajstić information content (AvgIpc) is 3.20. The van der Waals surface area contributed by atoms with E-state index in [1.807, 2.05) is 23.1 Å². The molecule has 0 saturated carbocycles. The Bertz CT molecular complexity index is 594. The molecule has 1 saturated heterocycles. The fraction of sp³-hybridized carbons (Fsp3) is 0.429.